The topological polar surface area (TPSA) is 25.8 Å². The Hall–Kier alpha value is -1.70. The Bertz CT molecular complexity index is 410. The van der Waals surface area contributed by atoms with Gasteiger partial charge in [0.25, 0.3) is 0 Å². The molecule has 0 aliphatic carbocycles. The SMILES string of the molecule is CCc1ccnc(-c2ccccn2)c1. The maximum atomic E-state index is 4.30. The molecule has 70 valence electrons. The predicted molar refractivity (Wildman–Crippen MR) is 56.8 cm³/mol. The minimum Gasteiger partial charge on any atom is -0.255 e. The van der Waals surface area contributed by atoms with E-state index in [-0.39, 0.29) is 0 Å². The van der Waals surface area contributed by atoms with Crippen molar-refractivity contribution in [3.8, 4) is 11.4 Å². The van der Waals surface area contributed by atoms with Crippen molar-refractivity contribution < 1.29 is 0 Å². The zero-order valence-corrected chi connectivity index (χ0v) is 8.14. The highest BCUT2D eigenvalue weighted by Gasteiger charge is 1.99. The van der Waals surface area contributed by atoms with E-state index in [1.54, 1.807) is 6.20 Å². The number of aryl methyl sites for hydroxylation is 1. The van der Waals surface area contributed by atoms with Crippen molar-refractivity contribution in [1.29, 1.82) is 0 Å². The van der Waals surface area contributed by atoms with Crippen molar-refractivity contribution in [1.82, 2.24) is 9.97 Å². The fraction of sp³-hybridized carbons (Fsp3) is 0.167. The van der Waals surface area contributed by atoms with Gasteiger partial charge in [0, 0.05) is 12.4 Å². The highest BCUT2D eigenvalue weighted by atomic mass is 14.8. The lowest BCUT2D eigenvalue weighted by molar-refractivity contribution is 1.11. The lowest BCUT2D eigenvalue weighted by Crippen LogP contribution is -1.88. The van der Waals surface area contributed by atoms with E-state index in [0.29, 0.717) is 0 Å². The van der Waals surface area contributed by atoms with Gasteiger partial charge >= 0.3 is 0 Å². The Morgan fingerprint density at radius 3 is 2.57 bits per heavy atom. The van der Waals surface area contributed by atoms with E-state index in [2.05, 4.69) is 23.0 Å². The summed E-state index contributed by atoms with van der Waals surface area (Å²) >= 11 is 0. The molecule has 2 nitrogen and oxygen atoms in total. The van der Waals surface area contributed by atoms with Crippen LogP contribution in [-0.2, 0) is 6.42 Å². The molecule has 2 heteroatoms. The zero-order chi connectivity index (χ0) is 9.80. The number of aromatic nitrogens is 2. The second kappa shape index (κ2) is 4.01. The molecule has 2 aromatic heterocycles. The molecule has 0 atom stereocenters. The second-order valence-corrected chi connectivity index (χ2v) is 3.12. The maximum absolute atomic E-state index is 4.30. The number of hydrogen-bond donors (Lipinski definition) is 0. The summed E-state index contributed by atoms with van der Waals surface area (Å²) in [6, 6.07) is 9.98. The molecule has 0 saturated heterocycles. The summed E-state index contributed by atoms with van der Waals surface area (Å²) in [6.45, 7) is 2.14. The van der Waals surface area contributed by atoms with Gasteiger partial charge in [-0.1, -0.05) is 13.0 Å². The molecule has 2 heterocycles. The predicted octanol–water partition coefficient (Wildman–Crippen LogP) is 2.71. The van der Waals surface area contributed by atoms with Crippen molar-refractivity contribution in [3.63, 3.8) is 0 Å². The summed E-state index contributed by atoms with van der Waals surface area (Å²) < 4.78 is 0. The molecule has 0 aliphatic heterocycles. The molecule has 14 heavy (non-hydrogen) atoms. The van der Waals surface area contributed by atoms with E-state index in [0.717, 1.165) is 17.8 Å². The molecule has 0 bridgehead atoms. The Kier molecular flexibility index (Phi) is 2.54. The van der Waals surface area contributed by atoms with Crippen molar-refractivity contribution in [2.24, 2.45) is 0 Å². The van der Waals surface area contributed by atoms with E-state index >= 15 is 0 Å². The van der Waals surface area contributed by atoms with Gasteiger partial charge in [-0.05, 0) is 36.2 Å². The summed E-state index contributed by atoms with van der Waals surface area (Å²) in [5, 5.41) is 0. The first-order chi connectivity index (χ1) is 6.90. The van der Waals surface area contributed by atoms with Crippen LogP contribution in [-0.4, -0.2) is 9.97 Å². The number of rotatable bonds is 2. The number of nitrogens with zero attached hydrogens (tertiary/aromatic N) is 2. The van der Waals surface area contributed by atoms with Gasteiger partial charge in [-0.3, -0.25) is 9.97 Å². The fourth-order valence-electron chi connectivity index (χ4n) is 1.35. The van der Waals surface area contributed by atoms with Crippen LogP contribution in [0.15, 0.2) is 42.7 Å². The Morgan fingerprint density at radius 2 is 1.86 bits per heavy atom. The highest BCUT2D eigenvalue weighted by Crippen LogP contribution is 2.14. The Labute approximate surface area is 83.7 Å². The third-order valence-electron chi connectivity index (χ3n) is 2.16. The van der Waals surface area contributed by atoms with Crippen LogP contribution in [0.3, 0.4) is 0 Å². The first-order valence-corrected chi connectivity index (χ1v) is 4.76. The average Bonchev–Trinajstić information content (AvgIpc) is 2.30. The van der Waals surface area contributed by atoms with E-state index < -0.39 is 0 Å². The quantitative estimate of drug-likeness (QED) is 0.717. The summed E-state index contributed by atoms with van der Waals surface area (Å²) in [7, 11) is 0. The van der Waals surface area contributed by atoms with Crippen molar-refractivity contribution in [2.75, 3.05) is 0 Å². The van der Waals surface area contributed by atoms with Gasteiger partial charge in [0.15, 0.2) is 0 Å². The molecule has 0 N–H and O–H groups in total. The number of hydrogen-bond acceptors (Lipinski definition) is 2. The minimum absolute atomic E-state index is 0.933. The summed E-state index contributed by atoms with van der Waals surface area (Å²) in [5.74, 6) is 0. The van der Waals surface area contributed by atoms with Crippen LogP contribution in [0.1, 0.15) is 12.5 Å². The smallest absolute Gasteiger partial charge is 0.0888 e. The number of pyridine rings is 2. The van der Waals surface area contributed by atoms with E-state index in [1.165, 1.54) is 5.56 Å². The van der Waals surface area contributed by atoms with Crippen molar-refractivity contribution in [3.05, 3.63) is 48.3 Å². The van der Waals surface area contributed by atoms with Gasteiger partial charge in [0.05, 0.1) is 11.4 Å². The van der Waals surface area contributed by atoms with Crippen LogP contribution in [0.2, 0.25) is 0 Å². The largest absolute Gasteiger partial charge is 0.255 e. The van der Waals surface area contributed by atoms with E-state index in [4.69, 9.17) is 0 Å². The molecule has 2 aromatic rings. The molecule has 0 aliphatic rings. The Morgan fingerprint density at radius 1 is 1.00 bits per heavy atom. The van der Waals surface area contributed by atoms with Crippen LogP contribution in [0.4, 0.5) is 0 Å². The van der Waals surface area contributed by atoms with E-state index in [1.807, 2.05) is 30.5 Å². The summed E-state index contributed by atoms with van der Waals surface area (Å²) in [5.41, 5.74) is 3.17. The highest BCUT2D eigenvalue weighted by molar-refractivity contribution is 5.54. The van der Waals surface area contributed by atoms with Crippen LogP contribution in [0.5, 0.6) is 0 Å². The van der Waals surface area contributed by atoms with Crippen molar-refractivity contribution >= 4 is 0 Å². The molecule has 0 spiro atoms. The molecule has 0 saturated carbocycles. The molecule has 0 aromatic carbocycles. The van der Waals surface area contributed by atoms with Gasteiger partial charge in [-0.2, -0.15) is 0 Å². The third-order valence-corrected chi connectivity index (χ3v) is 2.16. The molecular formula is C12H12N2. The van der Waals surface area contributed by atoms with Gasteiger partial charge in [-0.25, -0.2) is 0 Å². The summed E-state index contributed by atoms with van der Waals surface area (Å²) in [4.78, 5) is 8.56. The van der Waals surface area contributed by atoms with Crippen LogP contribution in [0.25, 0.3) is 11.4 Å². The van der Waals surface area contributed by atoms with Gasteiger partial charge in [0.1, 0.15) is 0 Å². The third kappa shape index (κ3) is 1.79. The van der Waals surface area contributed by atoms with Gasteiger partial charge in [0.2, 0.25) is 0 Å². The first kappa shape index (κ1) is 8.88. The minimum atomic E-state index is 0.933. The second-order valence-electron chi connectivity index (χ2n) is 3.12. The molecule has 0 unspecified atom stereocenters. The van der Waals surface area contributed by atoms with Crippen LogP contribution < -0.4 is 0 Å². The molecule has 2 rings (SSSR count). The normalized spacial score (nSPS) is 10.1. The first-order valence-electron chi connectivity index (χ1n) is 4.76. The maximum Gasteiger partial charge on any atom is 0.0888 e. The molecule has 0 amide bonds. The fourth-order valence-corrected chi connectivity index (χ4v) is 1.35. The van der Waals surface area contributed by atoms with Crippen LogP contribution >= 0.6 is 0 Å². The average molecular weight is 184 g/mol. The molecule has 0 fully saturated rings. The van der Waals surface area contributed by atoms with E-state index in [9.17, 15) is 0 Å². The lowest BCUT2D eigenvalue weighted by Gasteiger charge is -2.01. The van der Waals surface area contributed by atoms with Gasteiger partial charge in [-0.15, -0.1) is 0 Å². The molecular weight excluding hydrogens is 172 g/mol. The zero-order valence-electron chi connectivity index (χ0n) is 8.14. The molecule has 0 radical (unpaired) electrons. The summed E-state index contributed by atoms with van der Waals surface area (Å²) in [6.07, 6.45) is 4.65. The van der Waals surface area contributed by atoms with Crippen molar-refractivity contribution in [2.45, 2.75) is 13.3 Å². The van der Waals surface area contributed by atoms with Crippen LogP contribution in [0, 0.1) is 0 Å². The standard InChI is InChI=1S/C12H12N2/c1-2-10-6-8-14-12(9-10)11-5-3-4-7-13-11/h3-9H,2H2,1H3. The lowest BCUT2D eigenvalue weighted by atomic mass is 10.1. The monoisotopic (exact) mass is 184 g/mol. The Balaban J connectivity index is 2.42. The van der Waals surface area contributed by atoms with Gasteiger partial charge < -0.3 is 0 Å².